The maximum atomic E-state index is 10.9. The molecule has 0 aliphatic rings. The van der Waals surface area contributed by atoms with E-state index in [0.717, 1.165) is 0 Å². The Balaban J connectivity index is 4.11. The molecule has 0 aliphatic carbocycles. The first-order valence-corrected chi connectivity index (χ1v) is 3.52. The molecule has 0 saturated heterocycles. The summed E-state index contributed by atoms with van der Waals surface area (Å²) in [5, 5.41) is 10.6. The number of carbonyl (C=O) groups is 2. The van der Waals surface area contributed by atoms with Crippen LogP contribution in [0.1, 0.15) is 13.8 Å². The van der Waals surface area contributed by atoms with Gasteiger partial charge in [-0.1, -0.05) is 0 Å². The highest BCUT2D eigenvalue weighted by molar-refractivity contribution is 6.42. The smallest absolute Gasteiger partial charge is 0.325 e. The molecule has 1 atom stereocenters. The first-order valence-electron chi connectivity index (χ1n) is 3.18. The van der Waals surface area contributed by atoms with Gasteiger partial charge in [-0.25, -0.2) is 0 Å². The number of carboxylic acid groups (broad SMARTS) is 1. The Morgan fingerprint density at radius 3 is 2.42 bits per heavy atom. The van der Waals surface area contributed by atoms with Crippen LogP contribution >= 0.6 is 11.8 Å². The molecule has 0 rings (SSSR count). The molecule has 0 aromatic heterocycles. The Hall–Kier alpha value is -1.10. The van der Waals surface area contributed by atoms with Crippen LogP contribution in [0.15, 0.2) is 4.51 Å². The summed E-state index contributed by atoms with van der Waals surface area (Å²) in [5.74, 6) is -1.69. The fourth-order valence-corrected chi connectivity index (χ4v) is 0.478. The lowest BCUT2D eigenvalue weighted by atomic mass is 10.3. The van der Waals surface area contributed by atoms with Gasteiger partial charge in [0.2, 0.25) is 0 Å². The van der Waals surface area contributed by atoms with Crippen LogP contribution in [0.2, 0.25) is 0 Å². The largest absolute Gasteiger partial charge is 0.480 e. The summed E-state index contributed by atoms with van der Waals surface area (Å²) in [6.45, 7) is 2.73. The number of nitrogens with one attached hydrogen (secondary N) is 1. The fourth-order valence-electron chi connectivity index (χ4n) is 0.401. The van der Waals surface area contributed by atoms with Crippen molar-refractivity contribution in [1.82, 2.24) is 5.32 Å². The zero-order valence-electron chi connectivity index (χ0n) is 6.67. The summed E-state index contributed by atoms with van der Waals surface area (Å²) in [6, 6.07) is -0.939. The summed E-state index contributed by atoms with van der Waals surface area (Å²) in [4.78, 5) is 21.2. The van der Waals surface area contributed by atoms with Crippen LogP contribution in [0.4, 0.5) is 0 Å². The number of hydrogen-bond donors (Lipinski definition) is 2. The molecule has 0 radical (unpaired) electrons. The van der Waals surface area contributed by atoms with Crippen molar-refractivity contribution in [3.8, 4) is 0 Å². The van der Waals surface area contributed by atoms with Crippen LogP contribution in [-0.2, 0) is 9.59 Å². The zero-order chi connectivity index (χ0) is 9.72. The van der Waals surface area contributed by atoms with Gasteiger partial charge in [0.15, 0.2) is 0 Å². The predicted octanol–water partition coefficient (Wildman–Crippen LogP) is 0.190. The lowest BCUT2D eigenvalue weighted by Crippen LogP contribution is -2.41. The fraction of sp³-hybridized carbons (Fsp3) is 0.500. The third-order valence-corrected chi connectivity index (χ3v) is 1.43. The molecular formula is C6H9ClN2O3. The molecule has 0 aliphatic heterocycles. The van der Waals surface area contributed by atoms with Crippen molar-refractivity contribution in [2.75, 3.05) is 0 Å². The van der Waals surface area contributed by atoms with Crippen molar-refractivity contribution in [2.45, 2.75) is 19.9 Å². The zero-order valence-corrected chi connectivity index (χ0v) is 7.42. The number of amides is 1. The molecule has 2 N–H and O–H groups in total. The topological polar surface area (TPSA) is 78.8 Å². The Kier molecular flexibility index (Phi) is 4.28. The van der Waals surface area contributed by atoms with Crippen molar-refractivity contribution in [3.63, 3.8) is 0 Å². The molecule has 12 heavy (non-hydrogen) atoms. The van der Waals surface area contributed by atoms with E-state index in [1.54, 1.807) is 0 Å². The first-order chi connectivity index (χ1) is 5.49. The van der Waals surface area contributed by atoms with Gasteiger partial charge in [-0.05, 0) is 13.8 Å². The van der Waals surface area contributed by atoms with E-state index in [9.17, 15) is 9.59 Å². The van der Waals surface area contributed by atoms with E-state index in [2.05, 4.69) is 9.83 Å². The maximum Gasteiger partial charge on any atom is 0.325 e. The molecule has 0 unspecified atom stereocenters. The van der Waals surface area contributed by atoms with Crippen molar-refractivity contribution >= 4 is 29.4 Å². The van der Waals surface area contributed by atoms with Crippen molar-refractivity contribution in [3.05, 3.63) is 0 Å². The SMILES string of the molecule is C/C(=N\Cl)C(=O)N[C@@H](C)C(=O)O. The minimum Gasteiger partial charge on any atom is -0.480 e. The van der Waals surface area contributed by atoms with E-state index in [4.69, 9.17) is 16.9 Å². The number of rotatable bonds is 3. The molecule has 1 amide bonds. The highest BCUT2D eigenvalue weighted by Gasteiger charge is 2.15. The second kappa shape index (κ2) is 4.71. The third kappa shape index (κ3) is 3.34. The van der Waals surface area contributed by atoms with Gasteiger partial charge in [0.05, 0.1) is 0 Å². The van der Waals surface area contributed by atoms with Gasteiger partial charge in [0.1, 0.15) is 11.8 Å². The molecule has 0 heterocycles. The van der Waals surface area contributed by atoms with Crippen molar-refractivity contribution in [2.24, 2.45) is 4.51 Å². The van der Waals surface area contributed by atoms with Gasteiger partial charge >= 0.3 is 5.97 Å². The van der Waals surface area contributed by atoms with E-state index >= 15 is 0 Å². The molecule has 0 fully saturated rings. The van der Waals surface area contributed by atoms with Gasteiger partial charge in [-0.2, -0.15) is 4.51 Å². The van der Waals surface area contributed by atoms with Gasteiger partial charge in [-0.3, -0.25) is 9.59 Å². The van der Waals surface area contributed by atoms with Crippen LogP contribution in [0.25, 0.3) is 0 Å². The molecule has 5 nitrogen and oxygen atoms in total. The van der Waals surface area contributed by atoms with Crippen LogP contribution < -0.4 is 5.32 Å². The molecular weight excluding hydrogens is 184 g/mol. The van der Waals surface area contributed by atoms with Crippen LogP contribution in [-0.4, -0.2) is 28.7 Å². The number of aliphatic carboxylic acids is 1. The summed E-state index contributed by atoms with van der Waals surface area (Å²) >= 11 is 4.99. The van der Waals surface area contributed by atoms with E-state index in [1.165, 1.54) is 13.8 Å². The number of nitrogens with zero attached hydrogens (tertiary/aromatic N) is 1. The Bertz CT molecular complexity index is 227. The molecule has 0 bridgehead atoms. The first kappa shape index (κ1) is 10.9. The lowest BCUT2D eigenvalue weighted by Gasteiger charge is -2.07. The molecule has 0 spiro atoms. The third-order valence-electron chi connectivity index (χ3n) is 1.17. The highest BCUT2D eigenvalue weighted by Crippen LogP contribution is 1.86. The van der Waals surface area contributed by atoms with E-state index in [-0.39, 0.29) is 5.71 Å². The van der Waals surface area contributed by atoms with E-state index < -0.39 is 17.9 Å². The van der Waals surface area contributed by atoms with Gasteiger partial charge in [0.25, 0.3) is 5.91 Å². The summed E-state index contributed by atoms with van der Waals surface area (Å²) in [6.07, 6.45) is 0. The monoisotopic (exact) mass is 192 g/mol. The quantitative estimate of drug-likeness (QED) is 0.627. The van der Waals surface area contributed by atoms with Gasteiger partial charge < -0.3 is 10.4 Å². The Labute approximate surface area is 74.5 Å². The average molecular weight is 193 g/mol. The highest BCUT2D eigenvalue weighted by atomic mass is 35.5. The summed E-state index contributed by atoms with van der Waals surface area (Å²) in [7, 11) is 0. The standard InChI is InChI=1S/C6H9ClN2O3/c1-3(9-7)5(10)8-4(2)6(11)12/h4H,1-2H3,(H,8,10)(H,11,12)/b9-3+/t4-/m0/s1. The van der Waals surface area contributed by atoms with Crippen LogP contribution in [0.3, 0.4) is 0 Å². The number of carbonyl (C=O) groups excluding carboxylic acids is 1. The molecule has 68 valence electrons. The van der Waals surface area contributed by atoms with Crippen LogP contribution in [0.5, 0.6) is 0 Å². The Morgan fingerprint density at radius 1 is 1.58 bits per heavy atom. The average Bonchev–Trinajstić information content (AvgIpc) is 2.02. The number of carboxylic acids is 1. The minimum absolute atomic E-state index is 0.0322. The minimum atomic E-state index is -1.11. The molecule has 0 aromatic carbocycles. The number of halogens is 1. The summed E-state index contributed by atoms with van der Waals surface area (Å²) < 4.78 is 3.08. The molecule has 0 saturated carbocycles. The lowest BCUT2D eigenvalue weighted by molar-refractivity contribution is -0.140. The predicted molar refractivity (Wildman–Crippen MR) is 44.2 cm³/mol. The second-order valence-electron chi connectivity index (χ2n) is 2.20. The van der Waals surface area contributed by atoms with Gasteiger partial charge in [-0.15, -0.1) is 0 Å². The van der Waals surface area contributed by atoms with Gasteiger partial charge in [0, 0.05) is 11.8 Å². The van der Waals surface area contributed by atoms with Crippen molar-refractivity contribution < 1.29 is 14.7 Å². The maximum absolute atomic E-state index is 10.9. The van der Waals surface area contributed by atoms with E-state index in [1.807, 2.05) is 0 Å². The normalized spacial score (nSPS) is 13.8. The molecule has 0 aromatic rings. The van der Waals surface area contributed by atoms with Crippen LogP contribution in [0, 0.1) is 0 Å². The second-order valence-corrected chi connectivity index (χ2v) is 2.37. The Morgan fingerprint density at radius 2 is 2.08 bits per heavy atom. The van der Waals surface area contributed by atoms with Crippen molar-refractivity contribution in [1.29, 1.82) is 0 Å². The molecule has 6 heteroatoms. The van der Waals surface area contributed by atoms with E-state index in [0.29, 0.717) is 0 Å². The summed E-state index contributed by atoms with van der Waals surface area (Å²) in [5.41, 5.74) is 0.0322. The number of hydrogen-bond acceptors (Lipinski definition) is 3.